The van der Waals surface area contributed by atoms with Crippen molar-refractivity contribution in [2.24, 2.45) is 0 Å². The molecule has 1 saturated heterocycles. The monoisotopic (exact) mass is 316 g/mol. The fourth-order valence-electron chi connectivity index (χ4n) is 3.09. The topological polar surface area (TPSA) is 78.4 Å². The Morgan fingerprint density at radius 3 is 2.61 bits per heavy atom. The van der Waals surface area contributed by atoms with Crippen molar-refractivity contribution in [1.82, 2.24) is 19.6 Å². The third-order valence-electron chi connectivity index (χ3n) is 4.33. The summed E-state index contributed by atoms with van der Waals surface area (Å²) in [6.07, 6.45) is 0. The lowest BCUT2D eigenvalue weighted by Crippen LogP contribution is -2.54. The second-order valence-electron chi connectivity index (χ2n) is 6.08. The fourth-order valence-corrected chi connectivity index (χ4v) is 3.09. The Morgan fingerprint density at radius 1 is 1.22 bits per heavy atom. The first kappa shape index (κ1) is 15.5. The zero-order chi connectivity index (χ0) is 16.6. The Morgan fingerprint density at radius 2 is 1.91 bits per heavy atom. The van der Waals surface area contributed by atoms with Crippen LogP contribution in [0, 0.1) is 0 Å². The standard InChI is InChI=1S/C16H20N4O3/c1-11-9-18(2)7-8-19(11)14(21)10-20-16(23)13-6-4-3-5-12(13)15(22)17-20/h3-6,11H,7-10H2,1-2H3,(H,17,22). The number of hydrogen-bond donors (Lipinski definition) is 1. The number of hydrogen-bond acceptors (Lipinski definition) is 4. The lowest BCUT2D eigenvalue weighted by molar-refractivity contribution is -0.136. The molecule has 1 unspecified atom stereocenters. The molecule has 0 spiro atoms. The summed E-state index contributed by atoms with van der Waals surface area (Å²) in [6.45, 7) is 4.07. The van der Waals surface area contributed by atoms with E-state index in [-0.39, 0.29) is 29.6 Å². The van der Waals surface area contributed by atoms with Crippen LogP contribution in [-0.4, -0.2) is 58.2 Å². The van der Waals surface area contributed by atoms with Crippen molar-refractivity contribution in [2.45, 2.75) is 19.5 Å². The predicted octanol–water partition coefficient (Wildman–Crippen LogP) is -0.148. The summed E-state index contributed by atoms with van der Waals surface area (Å²) in [5.41, 5.74) is -0.713. The summed E-state index contributed by atoms with van der Waals surface area (Å²) in [5, 5.41) is 3.17. The maximum absolute atomic E-state index is 12.5. The number of nitrogens with one attached hydrogen (secondary N) is 1. The summed E-state index contributed by atoms with van der Waals surface area (Å²) in [4.78, 5) is 41.0. The van der Waals surface area contributed by atoms with Crippen molar-refractivity contribution >= 4 is 16.7 Å². The van der Waals surface area contributed by atoms with Crippen LogP contribution in [0.1, 0.15) is 6.92 Å². The summed E-state index contributed by atoms with van der Waals surface area (Å²) >= 11 is 0. The minimum absolute atomic E-state index is 0.0872. The number of piperazine rings is 1. The van der Waals surface area contributed by atoms with Crippen LogP contribution in [0.2, 0.25) is 0 Å². The van der Waals surface area contributed by atoms with Crippen molar-refractivity contribution in [3.63, 3.8) is 0 Å². The number of rotatable bonds is 2. The van der Waals surface area contributed by atoms with Gasteiger partial charge in [0.05, 0.1) is 10.8 Å². The van der Waals surface area contributed by atoms with Gasteiger partial charge in [-0.05, 0) is 26.1 Å². The van der Waals surface area contributed by atoms with Gasteiger partial charge in [0.15, 0.2) is 0 Å². The lowest BCUT2D eigenvalue weighted by Gasteiger charge is -2.38. The molecular formula is C16H20N4O3. The Bertz CT molecular complexity index is 854. The molecule has 1 atom stereocenters. The van der Waals surface area contributed by atoms with Gasteiger partial charge >= 0.3 is 0 Å². The number of H-pyrrole nitrogens is 1. The quantitative estimate of drug-likeness (QED) is 0.836. The van der Waals surface area contributed by atoms with E-state index in [0.717, 1.165) is 17.8 Å². The zero-order valence-electron chi connectivity index (χ0n) is 13.3. The van der Waals surface area contributed by atoms with Gasteiger partial charge < -0.3 is 9.80 Å². The molecule has 7 heteroatoms. The minimum Gasteiger partial charge on any atom is -0.336 e. The number of carbonyl (C=O) groups is 1. The molecule has 1 aliphatic heterocycles. The van der Waals surface area contributed by atoms with Crippen molar-refractivity contribution in [3.8, 4) is 0 Å². The van der Waals surface area contributed by atoms with Crippen LogP contribution in [0.25, 0.3) is 10.8 Å². The summed E-state index contributed by atoms with van der Waals surface area (Å²) in [5.74, 6) is -0.154. The molecule has 1 aromatic carbocycles. The zero-order valence-corrected chi connectivity index (χ0v) is 13.3. The van der Waals surface area contributed by atoms with E-state index in [9.17, 15) is 14.4 Å². The van der Waals surface area contributed by atoms with Crippen LogP contribution in [-0.2, 0) is 11.3 Å². The number of carbonyl (C=O) groups excluding carboxylic acids is 1. The van der Waals surface area contributed by atoms with Crippen LogP contribution in [0.4, 0.5) is 0 Å². The first-order valence-electron chi connectivity index (χ1n) is 7.67. The van der Waals surface area contributed by atoms with Crippen molar-refractivity contribution < 1.29 is 4.79 Å². The van der Waals surface area contributed by atoms with Gasteiger partial charge in [0.25, 0.3) is 11.1 Å². The van der Waals surface area contributed by atoms with Crippen LogP contribution in [0.3, 0.4) is 0 Å². The van der Waals surface area contributed by atoms with Crippen LogP contribution < -0.4 is 11.1 Å². The highest BCUT2D eigenvalue weighted by atomic mass is 16.2. The maximum Gasteiger partial charge on any atom is 0.273 e. The van der Waals surface area contributed by atoms with Crippen molar-refractivity contribution in [3.05, 3.63) is 45.0 Å². The minimum atomic E-state index is -0.362. The second kappa shape index (κ2) is 6.00. The molecule has 1 fully saturated rings. The first-order valence-corrected chi connectivity index (χ1v) is 7.67. The second-order valence-corrected chi connectivity index (χ2v) is 6.08. The molecule has 122 valence electrons. The molecule has 1 aliphatic rings. The molecule has 3 rings (SSSR count). The highest BCUT2D eigenvalue weighted by Gasteiger charge is 2.26. The molecule has 23 heavy (non-hydrogen) atoms. The Balaban J connectivity index is 1.90. The highest BCUT2D eigenvalue weighted by molar-refractivity contribution is 5.81. The molecule has 1 aromatic heterocycles. The maximum atomic E-state index is 12.5. The summed E-state index contributed by atoms with van der Waals surface area (Å²) in [7, 11) is 2.02. The molecular weight excluding hydrogens is 296 g/mol. The van der Waals surface area contributed by atoms with Crippen LogP contribution in [0.15, 0.2) is 33.9 Å². The molecule has 2 heterocycles. The molecule has 0 aliphatic carbocycles. The third-order valence-corrected chi connectivity index (χ3v) is 4.33. The van der Waals surface area contributed by atoms with Gasteiger partial charge in [-0.15, -0.1) is 0 Å². The lowest BCUT2D eigenvalue weighted by atomic mass is 10.2. The van der Waals surface area contributed by atoms with Gasteiger partial charge in [-0.25, -0.2) is 4.68 Å². The highest BCUT2D eigenvalue weighted by Crippen LogP contribution is 2.09. The van der Waals surface area contributed by atoms with Crippen molar-refractivity contribution in [1.29, 1.82) is 0 Å². The van der Waals surface area contributed by atoms with Crippen LogP contribution in [0.5, 0.6) is 0 Å². The average Bonchev–Trinajstić information content (AvgIpc) is 2.52. The third kappa shape index (κ3) is 2.92. The molecule has 2 aromatic rings. The van der Waals surface area contributed by atoms with Gasteiger partial charge in [0, 0.05) is 25.7 Å². The van der Waals surface area contributed by atoms with Crippen LogP contribution >= 0.6 is 0 Å². The van der Waals surface area contributed by atoms with Gasteiger partial charge in [0.1, 0.15) is 6.54 Å². The molecule has 1 N–H and O–H groups in total. The van der Waals surface area contributed by atoms with E-state index in [4.69, 9.17) is 0 Å². The van der Waals surface area contributed by atoms with E-state index in [1.807, 2.05) is 14.0 Å². The van der Waals surface area contributed by atoms with E-state index in [0.29, 0.717) is 17.3 Å². The Hall–Kier alpha value is -2.41. The number of amides is 1. The van der Waals surface area contributed by atoms with E-state index in [2.05, 4.69) is 10.00 Å². The molecule has 1 amide bonds. The smallest absolute Gasteiger partial charge is 0.273 e. The molecule has 0 radical (unpaired) electrons. The Labute approximate surface area is 133 Å². The van der Waals surface area contributed by atoms with Gasteiger partial charge in [-0.1, -0.05) is 12.1 Å². The van der Waals surface area contributed by atoms with E-state index in [1.54, 1.807) is 29.2 Å². The first-order chi connectivity index (χ1) is 11.0. The number of fused-ring (bicyclic) bond motifs is 1. The number of nitrogens with zero attached hydrogens (tertiary/aromatic N) is 3. The van der Waals surface area contributed by atoms with E-state index >= 15 is 0 Å². The predicted molar refractivity (Wildman–Crippen MR) is 87.5 cm³/mol. The average molecular weight is 316 g/mol. The number of benzene rings is 1. The van der Waals surface area contributed by atoms with Crippen molar-refractivity contribution in [2.75, 3.05) is 26.7 Å². The molecule has 0 saturated carbocycles. The SMILES string of the molecule is CC1CN(C)CCN1C(=O)Cn1[nH]c(=O)c2ccccc2c1=O. The number of aromatic nitrogens is 2. The van der Waals surface area contributed by atoms with Gasteiger partial charge in [0.2, 0.25) is 5.91 Å². The molecule has 0 bridgehead atoms. The van der Waals surface area contributed by atoms with E-state index in [1.165, 1.54) is 0 Å². The fraction of sp³-hybridized carbons (Fsp3) is 0.438. The van der Waals surface area contributed by atoms with Gasteiger partial charge in [-0.2, -0.15) is 0 Å². The largest absolute Gasteiger partial charge is 0.336 e. The van der Waals surface area contributed by atoms with E-state index < -0.39 is 0 Å². The summed E-state index contributed by atoms with van der Waals surface area (Å²) < 4.78 is 1.11. The van der Waals surface area contributed by atoms with Gasteiger partial charge in [-0.3, -0.25) is 19.5 Å². The normalized spacial score (nSPS) is 19.2. The Kier molecular flexibility index (Phi) is 4.04. The number of likely N-dealkylation sites (N-methyl/N-ethyl adjacent to an activating group) is 1. The number of aromatic amines is 1. The summed E-state index contributed by atoms with van der Waals surface area (Å²) in [6, 6.07) is 6.71. The molecule has 7 nitrogen and oxygen atoms in total.